The molecule has 0 bridgehead atoms. The molecular weight excluding hydrogens is 314 g/mol. The van der Waals surface area contributed by atoms with Crippen molar-refractivity contribution in [2.24, 2.45) is 5.10 Å². The van der Waals surface area contributed by atoms with Crippen LogP contribution in [0.4, 0.5) is 0 Å². The maximum Gasteiger partial charge on any atom is 0.307 e. The first kappa shape index (κ1) is 15.4. The van der Waals surface area contributed by atoms with Gasteiger partial charge < -0.3 is 4.42 Å². The maximum absolute atomic E-state index is 12.0. The quantitative estimate of drug-likeness (QED) is 0.853. The van der Waals surface area contributed by atoms with Crippen LogP contribution in [0, 0.1) is 0 Å². The Morgan fingerprint density at radius 1 is 1.26 bits per heavy atom. The van der Waals surface area contributed by atoms with Crippen molar-refractivity contribution < 1.29 is 14.0 Å². The van der Waals surface area contributed by atoms with Gasteiger partial charge in [0.25, 0.3) is 0 Å². The Bertz CT molecular complexity index is 713. The third kappa shape index (κ3) is 3.81. The van der Waals surface area contributed by atoms with Crippen molar-refractivity contribution in [2.75, 3.05) is 12.3 Å². The van der Waals surface area contributed by atoms with Crippen LogP contribution in [0.25, 0.3) is 0 Å². The minimum absolute atomic E-state index is 0.00284. The van der Waals surface area contributed by atoms with Gasteiger partial charge in [0.2, 0.25) is 5.91 Å². The predicted molar refractivity (Wildman–Crippen MR) is 87.9 cm³/mol. The fraction of sp³-hybridized carbons (Fsp3) is 0.188. The summed E-state index contributed by atoms with van der Waals surface area (Å²) < 4.78 is 5.00. The number of nitrogens with one attached hydrogen (secondary N) is 1. The molecule has 1 aromatic heterocycles. The van der Waals surface area contributed by atoms with E-state index in [9.17, 15) is 9.59 Å². The highest BCUT2D eigenvalue weighted by Crippen LogP contribution is 2.19. The van der Waals surface area contributed by atoms with Gasteiger partial charge in [-0.05, 0) is 24.1 Å². The fourth-order valence-corrected chi connectivity index (χ4v) is 3.02. The largest absolute Gasteiger partial charge is 0.459 e. The number of thioether (sulfide) groups is 1. The topological polar surface area (TPSA) is 74.9 Å². The zero-order valence-corrected chi connectivity index (χ0v) is 13.1. The Balaban J connectivity index is 1.62. The number of benzene rings is 1. The summed E-state index contributed by atoms with van der Waals surface area (Å²) in [7, 11) is 0. The molecule has 0 radical (unpaired) electrons. The van der Waals surface area contributed by atoms with Crippen molar-refractivity contribution in [1.29, 1.82) is 0 Å². The van der Waals surface area contributed by atoms with Crippen LogP contribution in [-0.4, -0.2) is 34.2 Å². The number of hydrogen-bond donors (Lipinski definition) is 1. The highest BCUT2D eigenvalue weighted by atomic mass is 32.2. The monoisotopic (exact) mass is 329 g/mol. The lowest BCUT2D eigenvalue weighted by molar-refractivity contribution is -0.124. The summed E-state index contributed by atoms with van der Waals surface area (Å²) in [6.45, 7) is 0.533. The summed E-state index contributed by atoms with van der Waals surface area (Å²) in [5, 5.41) is 4.55. The van der Waals surface area contributed by atoms with Gasteiger partial charge in [0.15, 0.2) is 10.9 Å². The highest BCUT2D eigenvalue weighted by Gasteiger charge is 2.28. The molecule has 7 heteroatoms. The minimum Gasteiger partial charge on any atom is -0.459 e. The molecule has 1 aliphatic rings. The second-order valence-corrected chi connectivity index (χ2v) is 5.82. The first-order chi connectivity index (χ1) is 11.2. The lowest BCUT2D eigenvalue weighted by atomic mass is 10.1. The van der Waals surface area contributed by atoms with Gasteiger partial charge >= 0.3 is 5.91 Å². The second kappa shape index (κ2) is 7.15. The van der Waals surface area contributed by atoms with Gasteiger partial charge in [-0.2, -0.15) is 0 Å². The number of amidine groups is 1. The summed E-state index contributed by atoms with van der Waals surface area (Å²) in [6.07, 6.45) is 2.15. The number of nitrogens with zero attached hydrogens (tertiary/aromatic N) is 2. The van der Waals surface area contributed by atoms with Crippen molar-refractivity contribution in [3.8, 4) is 0 Å². The molecule has 0 spiro atoms. The lowest BCUT2D eigenvalue weighted by Crippen LogP contribution is -2.33. The molecule has 1 aromatic carbocycles. The molecule has 3 rings (SSSR count). The average Bonchev–Trinajstić information content (AvgIpc) is 3.22. The van der Waals surface area contributed by atoms with Gasteiger partial charge in [-0.25, -0.2) is 5.43 Å². The van der Waals surface area contributed by atoms with E-state index >= 15 is 0 Å². The van der Waals surface area contributed by atoms with Crippen LogP contribution in [0.3, 0.4) is 0 Å². The number of rotatable bonds is 5. The number of furan rings is 1. The van der Waals surface area contributed by atoms with Gasteiger partial charge in [-0.1, -0.05) is 42.1 Å². The molecule has 0 unspecified atom stereocenters. The molecule has 23 heavy (non-hydrogen) atoms. The summed E-state index contributed by atoms with van der Waals surface area (Å²) in [5.74, 6) is 0.0754. The van der Waals surface area contributed by atoms with E-state index in [1.54, 1.807) is 17.0 Å². The molecule has 0 saturated carbocycles. The Kier molecular flexibility index (Phi) is 4.77. The zero-order valence-electron chi connectivity index (χ0n) is 12.3. The first-order valence-corrected chi connectivity index (χ1v) is 8.11. The van der Waals surface area contributed by atoms with Crippen LogP contribution >= 0.6 is 11.8 Å². The third-order valence-electron chi connectivity index (χ3n) is 3.32. The summed E-state index contributed by atoms with van der Waals surface area (Å²) in [6, 6.07) is 13.1. The molecule has 1 saturated heterocycles. The molecule has 1 fully saturated rings. The van der Waals surface area contributed by atoms with E-state index in [4.69, 9.17) is 4.42 Å². The Labute approximate surface area is 137 Å². The number of carbonyl (C=O) groups is 2. The molecule has 6 nitrogen and oxygen atoms in total. The molecule has 2 aromatic rings. The van der Waals surface area contributed by atoms with E-state index in [1.807, 2.05) is 30.3 Å². The van der Waals surface area contributed by atoms with Crippen LogP contribution in [0.15, 0.2) is 58.2 Å². The van der Waals surface area contributed by atoms with Crippen molar-refractivity contribution in [1.82, 2.24) is 10.3 Å². The molecule has 118 valence electrons. The van der Waals surface area contributed by atoms with Crippen molar-refractivity contribution in [2.45, 2.75) is 6.42 Å². The Hall–Kier alpha value is -2.54. The molecule has 1 N–H and O–H groups in total. The number of amides is 2. The highest BCUT2D eigenvalue weighted by molar-refractivity contribution is 8.15. The van der Waals surface area contributed by atoms with Crippen molar-refractivity contribution in [3.63, 3.8) is 0 Å². The van der Waals surface area contributed by atoms with Crippen molar-refractivity contribution in [3.05, 3.63) is 60.1 Å². The molecule has 0 atom stereocenters. The molecule has 0 aliphatic carbocycles. The predicted octanol–water partition coefficient (Wildman–Crippen LogP) is 2.10. The van der Waals surface area contributed by atoms with E-state index in [2.05, 4.69) is 10.5 Å². The summed E-state index contributed by atoms with van der Waals surface area (Å²) >= 11 is 1.31. The van der Waals surface area contributed by atoms with Gasteiger partial charge in [-0.3, -0.25) is 14.5 Å². The van der Waals surface area contributed by atoms with E-state index in [-0.39, 0.29) is 11.7 Å². The number of hydrazone groups is 1. The molecular formula is C16H15N3O3S. The van der Waals surface area contributed by atoms with Crippen molar-refractivity contribution >= 4 is 28.7 Å². The van der Waals surface area contributed by atoms with Crippen LogP contribution in [0.1, 0.15) is 16.1 Å². The van der Waals surface area contributed by atoms with Crippen LogP contribution < -0.4 is 5.43 Å². The molecule has 2 amide bonds. The minimum atomic E-state index is -0.439. The van der Waals surface area contributed by atoms with Gasteiger partial charge in [-0.15, -0.1) is 5.10 Å². The third-order valence-corrected chi connectivity index (χ3v) is 4.28. The van der Waals surface area contributed by atoms with E-state index in [0.717, 1.165) is 12.0 Å². The Morgan fingerprint density at radius 3 is 2.83 bits per heavy atom. The average molecular weight is 329 g/mol. The standard InChI is InChI=1S/C16H15N3O3S/c20-14-11-23-16(18-17-15(21)13-7-4-10-22-13)19(14)9-8-12-5-2-1-3-6-12/h1-7,10H,8-9,11H2,(H,17,21). The Morgan fingerprint density at radius 2 is 2.09 bits per heavy atom. The van der Waals surface area contributed by atoms with E-state index in [0.29, 0.717) is 17.5 Å². The summed E-state index contributed by atoms with van der Waals surface area (Å²) in [4.78, 5) is 25.4. The molecule has 2 heterocycles. The van der Waals surface area contributed by atoms with Gasteiger partial charge in [0.05, 0.1) is 12.0 Å². The maximum atomic E-state index is 12.0. The van der Waals surface area contributed by atoms with E-state index < -0.39 is 5.91 Å². The number of carbonyl (C=O) groups excluding carboxylic acids is 2. The van der Waals surface area contributed by atoms with E-state index in [1.165, 1.54) is 18.0 Å². The SMILES string of the molecule is O=C(NN=C1SCC(=O)N1CCc1ccccc1)c1ccco1. The molecule has 1 aliphatic heterocycles. The normalized spacial score (nSPS) is 16.1. The summed E-state index contributed by atoms with van der Waals surface area (Å²) in [5.41, 5.74) is 3.57. The fourth-order valence-electron chi connectivity index (χ4n) is 2.15. The smallest absolute Gasteiger partial charge is 0.307 e. The van der Waals surface area contributed by atoms with Crippen LogP contribution in [-0.2, 0) is 11.2 Å². The van der Waals surface area contributed by atoms with Crippen LogP contribution in [0.2, 0.25) is 0 Å². The second-order valence-electron chi connectivity index (χ2n) is 4.88. The van der Waals surface area contributed by atoms with Crippen LogP contribution in [0.5, 0.6) is 0 Å². The lowest BCUT2D eigenvalue weighted by Gasteiger charge is -2.15. The zero-order chi connectivity index (χ0) is 16.1. The van der Waals surface area contributed by atoms with Gasteiger partial charge in [0.1, 0.15) is 0 Å². The first-order valence-electron chi connectivity index (χ1n) is 7.12. The van der Waals surface area contributed by atoms with Gasteiger partial charge in [0, 0.05) is 6.54 Å². The number of hydrogen-bond acceptors (Lipinski definition) is 5.